The summed E-state index contributed by atoms with van der Waals surface area (Å²) in [6.45, 7) is 0.196. The normalized spacial score (nSPS) is 17.4. The van der Waals surface area contributed by atoms with Gasteiger partial charge in [-0.3, -0.25) is 9.59 Å². The van der Waals surface area contributed by atoms with Gasteiger partial charge in [-0.15, -0.1) is 0 Å². The van der Waals surface area contributed by atoms with Crippen LogP contribution < -0.4 is 10.5 Å². The Hall–Kier alpha value is -3.74. The molecule has 0 radical (unpaired) electrons. The summed E-state index contributed by atoms with van der Waals surface area (Å²) >= 11 is 5.96. The predicted molar refractivity (Wildman–Crippen MR) is 124 cm³/mol. The molecule has 164 valence electrons. The van der Waals surface area contributed by atoms with Crippen molar-refractivity contribution in [2.24, 2.45) is 0 Å². The highest BCUT2D eigenvalue weighted by Gasteiger charge is 2.51. The van der Waals surface area contributed by atoms with Crippen molar-refractivity contribution in [1.82, 2.24) is 0 Å². The standard InChI is InChI=1S/C26H18ClNO5/c27-18-11-9-16(10-12-18)15-28-21-7-3-2-6-20(21)26(32,25(28)31)14-22(29)19-13-17-5-1-4-8-23(17)33-24(19)30/h1-13,32H,14-15H2. The summed E-state index contributed by atoms with van der Waals surface area (Å²) in [5.41, 5.74) is -1.11. The van der Waals surface area contributed by atoms with Gasteiger partial charge in [0.25, 0.3) is 5.91 Å². The van der Waals surface area contributed by atoms with Crippen molar-refractivity contribution in [2.45, 2.75) is 18.6 Å². The summed E-state index contributed by atoms with van der Waals surface area (Å²) in [6, 6.07) is 22.1. The van der Waals surface area contributed by atoms with Crippen molar-refractivity contribution < 1.29 is 19.1 Å². The molecule has 1 unspecified atom stereocenters. The maximum atomic E-state index is 13.4. The molecule has 33 heavy (non-hydrogen) atoms. The van der Waals surface area contributed by atoms with Crippen LogP contribution in [0.25, 0.3) is 11.0 Å². The molecule has 0 saturated heterocycles. The van der Waals surface area contributed by atoms with E-state index in [0.717, 1.165) is 5.56 Å². The highest BCUT2D eigenvalue weighted by molar-refractivity contribution is 6.30. The third kappa shape index (κ3) is 3.63. The van der Waals surface area contributed by atoms with Gasteiger partial charge in [0.2, 0.25) is 0 Å². The molecule has 7 heteroatoms. The number of carbonyl (C=O) groups excluding carboxylic acids is 2. The topological polar surface area (TPSA) is 87.8 Å². The highest BCUT2D eigenvalue weighted by atomic mass is 35.5. The number of amides is 1. The van der Waals surface area contributed by atoms with Crippen molar-refractivity contribution in [3.05, 3.63) is 111 Å². The fourth-order valence-electron chi connectivity index (χ4n) is 4.19. The molecule has 5 rings (SSSR count). The molecule has 1 aliphatic rings. The first-order valence-electron chi connectivity index (χ1n) is 10.3. The number of halogens is 1. The molecule has 0 aliphatic carbocycles. The maximum absolute atomic E-state index is 13.4. The zero-order valence-corrected chi connectivity index (χ0v) is 18.1. The first-order valence-corrected chi connectivity index (χ1v) is 10.7. The Balaban J connectivity index is 1.50. The first-order chi connectivity index (χ1) is 15.9. The Labute approximate surface area is 193 Å². The molecule has 1 N–H and O–H groups in total. The van der Waals surface area contributed by atoms with Crippen LogP contribution in [0.3, 0.4) is 0 Å². The smallest absolute Gasteiger partial charge is 0.347 e. The zero-order valence-electron chi connectivity index (χ0n) is 17.3. The summed E-state index contributed by atoms with van der Waals surface area (Å²) in [4.78, 5) is 40.4. The summed E-state index contributed by atoms with van der Waals surface area (Å²) in [5, 5.41) is 12.6. The SMILES string of the molecule is O=C(CC1(O)C(=O)N(Cc2ccc(Cl)cc2)c2ccccc21)c1cc2ccccc2oc1=O. The van der Waals surface area contributed by atoms with E-state index in [1.807, 2.05) is 0 Å². The Kier molecular flexibility index (Phi) is 5.12. The van der Waals surface area contributed by atoms with Gasteiger partial charge in [-0.25, -0.2) is 4.79 Å². The summed E-state index contributed by atoms with van der Waals surface area (Å²) in [6.07, 6.45) is -0.580. The second-order valence-electron chi connectivity index (χ2n) is 7.98. The van der Waals surface area contributed by atoms with Gasteiger partial charge in [-0.1, -0.05) is 60.1 Å². The number of ketones is 1. The van der Waals surface area contributed by atoms with Crippen molar-refractivity contribution in [3.63, 3.8) is 0 Å². The zero-order chi connectivity index (χ0) is 23.2. The lowest BCUT2D eigenvalue weighted by atomic mass is 9.88. The first kappa shape index (κ1) is 21.1. The van der Waals surface area contributed by atoms with E-state index in [2.05, 4.69) is 0 Å². The van der Waals surface area contributed by atoms with Crippen LogP contribution in [0, 0.1) is 0 Å². The molecule has 1 aromatic heterocycles. The van der Waals surface area contributed by atoms with E-state index in [1.165, 1.54) is 11.0 Å². The molecule has 6 nitrogen and oxygen atoms in total. The number of carbonyl (C=O) groups is 2. The van der Waals surface area contributed by atoms with E-state index in [4.69, 9.17) is 16.0 Å². The van der Waals surface area contributed by atoms with Crippen LogP contribution in [0.15, 0.2) is 88.1 Å². The maximum Gasteiger partial charge on any atom is 0.347 e. The van der Waals surface area contributed by atoms with E-state index in [0.29, 0.717) is 27.2 Å². The van der Waals surface area contributed by atoms with Gasteiger partial charge in [0.05, 0.1) is 18.7 Å². The number of Topliss-reactive ketones (excluding diaryl/α,β-unsaturated/α-hetero) is 1. The van der Waals surface area contributed by atoms with Crippen molar-refractivity contribution in [1.29, 1.82) is 0 Å². The number of benzene rings is 3. The minimum absolute atomic E-state index is 0.196. The Bertz CT molecular complexity index is 1460. The van der Waals surface area contributed by atoms with Crippen LogP contribution in [0.4, 0.5) is 5.69 Å². The minimum Gasteiger partial charge on any atom is -0.422 e. The number of hydrogen-bond acceptors (Lipinski definition) is 5. The molecule has 4 aromatic rings. The fourth-order valence-corrected chi connectivity index (χ4v) is 4.32. The molecule has 3 aromatic carbocycles. The average molecular weight is 460 g/mol. The third-order valence-corrected chi connectivity index (χ3v) is 6.10. The number of nitrogens with zero attached hydrogens (tertiary/aromatic N) is 1. The van der Waals surface area contributed by atoms with Crippen LogP contribution >= 0.6 is 11.6 Å². The van der Waals surface area contributed by atoms with Gasteiger partial charge in [0.15, 0.2) is 11.4 Å². The van der Waals surface area contributed by atoms with Crippen LogP contribution in [0.2, 0.25) is 5.02 Å². The number of aliphatic hydroxyl groups is 1. The van der Waals surface area contributed by atoms with Gasteiger partial charge in [-0.05, 0) is 35.9 Å². The summed E-state index contributed by atoms with van der Waals surface area (Å²) < 4.78 is 5.25. The molecule has 1 amide bonds. The molecule has 0 spiro atoms. The van der Waals surface area contributed by atoms with E-state index in [-0.39, 0.29) is 12.1 Å². The van der Waals surface area contributed by atoms with Crippen LogP contribution in [-0.2, 0) is 16.9 Å². The number of fused-ring (bicyclic) bond motifs is 2. The van der Waals surface area contributed by atoms with Gasteiger partial charge in [0.1, 0.15) is 11.1 Å². The molecular weight excluding hydrogens is 442 g/mol. The number of para-hydroxylation sites is 2. The van der Waals surface area contributed by atoms with Crippen molar-refractivity contribution in [3.8, 4) is 0 Å². The highest BCUT2D eigenvalue weighted by Crippen LogP contribution is 2.43. The lowest BCUT2D eigenvalue weighted by Gasteiger charge is -2.22. The van der Waals surface area contributed by atoms with E-state index < -0.39 is 29.3 Å². The molecule has 1 aliphatic heterocycles. The van der Waals surface area contributed by atoms with Gasteiger partial charge in [-0.2, -0.15) is 0 Å². The third-order valence-electron chi connectivity index (χ3n) is 5.85. The second kappa shape index (κ2) is 7.99. The predicted octanol–water partition coefficient (Wildman–Crippen LogP) is 4.45. The van der Waals surface area contributed by atoms with Gasteiger partial charge in [0, 0.05) is 16.0 Å². The molecule has 1 atom stereocenters. The molecule has 0 saturated carbocycles. The quantitative estimate of drug-likeness (QED) is 0.352. The van der Waals surface area contributed by atoms with E-state index in [9.17, 15) is 19.5 Å². The second-order valence-corrected chi connectivity index (χ2v) is 8.42. The molecular formula is C26H18ClNO5. The largest absolute Gasteiger partial charge is 0.422 e. The van der Waals surface area contributed by atoms with Crippen molar-refractivity contribution >= 4 is 39.9 Å². The lowest BCUT2D eigenvalue weighted by Crippen LogP contribution is -2.42. The fraction of sp³-hybridized carbons (Fsp3) is 0.115. The minimum atomic E-state index is -2.10. The van der Waals surface area contributed by atoms with Crippen LogP contribution in [0.5, 0.6) is 0 Å². The average Bonchev–Trinajstić information content (AvgIpc) is 3.02. The summed E-state index contributed by atoms with van der Waals surface area (Å²) in [7, 11) is 0. The number of anilines is 1. The van der Waals surface area contributed by atoms with Crippen molar-refractivity contribution in [2.75, 3.05) is 4.90 Å². The molecule has 0 bridgehead atoms. The van der Waals surface area contributed by atoms with E-state index >= 15 is 0 Å². The number of rotatable bonds is 5. The van der Waals surface area contributed by atoms with Crippen LogP contribution in [-0.4, -0.2) is 16.8 Å². The molecule has 0 fully saturated rings. The Morgan fingerprint density at radius 2 is 1.67 bits per heavy atom. The van der Waals surface area contributed by atoms with Gasteiger partial charge >= 0.3 is 5.63 Å². The Morgan fingerprint density at radius 1 is 0.970 bits per heavy atom. The van der Waals surface area contributed by atoms with Gasteiger partial charge < -0.3 is 14.4 Å². The Morgan fingerprint density at radius 3 is 2.45 bits per heavy atom. The van der Waals surface area contributed by atoms with Crippen LogP contribution in [0.1, 0.15) is 27.9 Å². The molecule has 2 heterocycles. The summed E-state index contributed by atoms with van der Waals surface area (Å²) in [5.74, 6) is -1.30. The van der Waals surface area contributed by atoms with E-state index in [1.54, 1.807) is 72.8 Å². The number of hydrogen-bond donors (Lipinski definition) is 1. The monoisotopic (exact) mass is 459 g/mol. The lowest BCUT2D eigenvalue weighted by molar-refractivity contribution is -0.136.